The second-order valence-electron chi connectivity index (χ2n) is 2.40. The number of hydrogen-bond acceptors (Lipinski definition) is 1. The smallest absolute Gasteiger partial charge is 0.0256 e. The van der Waals surface area contributed by atoms with Crippen molar-refractivity contribution >= 4 is 12.4 Å². The van der Waals surface area contributed by atoms with Crippen LogP contribution in [0.25, 0.3) is 0 Å². The molecule has 1 N–H and O–H groups in total. The monoisotopic (exact) mass is 131 g/mol. The third-order valence-electron chi connectivity index (χ3n) is 1.81. The number of hydrogen-bond donors (Lipinski definition) is 1. The highest BCUT2D eigenvalue weighted by atomic mass is 35.5. The van der Waals surface area contributed by atoms with Gasteiger partial charge in [0.2, 0.25) is 0 Å². The van der Waals surface area contributed by atoms with Crippen LogP contribution in [0.3, 0.4) is 0 Å². The van der Waals surface area contributed by atoms with Gasteiger partial charge in [-0.05, 0) is 12.3 Å². The van der Waals surface area contributed by atoms with Crippen molar-refractivity contribution in [3.63, 3.8) is 0 Å². The maximum absolute atomic E-state index is 3.37. The first-order valence-corrected chi connectivity index (χ1v) is 2.87. The van der Waals surface area contributed by atoms with E-state index in [1.807, 2.05) is 0 Å². The molecule has 0 spiro atoms. The van der Waals surface area contributed by atoms with Gasteiger partial charge in [0, 0.05) is 12.6 Å². The number of fused-ring (bicyclic) bond motifs is 2. The van der Waals surface area contributed by atoms with E-state index in [0.717, 1.165) is 12.0 Å². The molecule has 2 aliphatic rings. The summed E-state index contributed by atoms with van der Waals surface area (Å²) in [5, 5.41) is 3.37. The van der Waals surface area contributed by atoms with E-state index in [4.69, 9.17) is 0 Å². The second kappa shape index (κ2) is 2.08. The molecule has 2 unspecified atom stereocenters. The quantitative estimate of drug-likeness (QED) is 0.483. The highest BCUT2D eigenvalue weighted by molar-refractivity contribution is 5.85. The van der Waals surface area contributed by atoms with Crippen molar-refractivity contribution in [1.29, 1.82) is 0 Å². The Labute approximate surface area is 55.6 Å². The zero-order chi connectivity index (χ0) is 4.69. The summed E-state index contributed by atoms with van der Waals surface area (Å²) in [6, 6.07) is 0.741. The molecule has 0 amide bonds. The molecule has 2 bridgehead atoms. The normalized spacial score (nSPS) is 40.0. The Kier molecular flexibility index (Phi) is 1.59. The Bertz CT molecular complexity index is 99.1. The molecule has 0 aromatic rings. The van der Waals surface area contributed by atoms with E-state index in [2.05, 4.69) is 17.5 Å². The molecule has 0 aromatic carbocycles. The fourth-order valence-electron chi connectivity index (χ4n) is 1.38. The van der Waals surface area contributed by atoms with Gasteiger partial charge in [-0.3, -0.25) is 0 Å². The van der Waals surface area contributed by atoms with Crippen LogP contribution >= 0.6 is 12.4 Å². The maximum atomic E-state index is 3.37. The summed E-state index contributed by atoms with van der Waals surface area (Å²) in [5.41, 5.74) is 0. The molecule has 0 aromatic heterocycles. The van der Waals surface area contributed by atoms with Crippen LogP contribution in [-0.2, 0) is 0 Å². The Morgan fingerprint density at radius 2 is 2.25 bits per heavy atom. The van der Waals surface area contributed by atoms with Crippen molar-refractivity contribution in [2.24, 2.45) is 5.92 Å². The van der Waals surface area contributed by atoms with Gasteiger partial charge in [0.05, 0.1) is 0 Å². The van der Waals surface area contributed by atoms with Crippen molar-refractivity contribution in [3.8, 4) is 0 Å². The second-order valence-corrected chi connectivity index (χ2v) is 2.40. The van der Waals surface area contributed by atoms with Gasteiger partial charge in [0.1, 0.15) is 0 Å². The van der Waals surface area contributed by atoms with Crippen LogP contribution in [-0.4, -0.2) is 12.6 Å². The largest absolute Gasteiger partial charge is 0.310 e. The lowest BCUT2D eigenvalue weighted by Crippen LogP contribution is -2.20. The van der Waals surface area contributed by atoms with Crippen LogP contribution in [0.5, 0.6) is 0 Å². The van der Waals surface area contributed by atoms with E-state index in [1.165, 1.54) is 13.0 Å². The van der Waals surface area contributed by atoms with E-state index >= 15 is 0 Å². The van der Waals surface area contributed by atoms with Crippen LogP contribution in [0.15, 0.2) is 12.2 Å². The summed E-state index contributed by atoms with van der Waals surface area (Å²) in [6.45, 7) is 1.22. The van der Waals surface area contributed by atoms with E-state index in [-0.39, 0.29) is 12.4 Å². The van der Waals surface area contributed by atoms with Gasteiger partial charge in [0.15, 0.2) is 0 Å². The van der Waals surface area contributed by atoms with Crippen molar-refractivity contribution in [2.75, 3.05) is 6.54 Å². The Morgan fingerprint density at radius 3 is 2.38 bits per heavy atom. The first kappa shape index (κ1) is 6.12. The first-order chi connectivity index (χ1) is 3.45. The van der Waals surface area contributed by atoms with Gasteiger partial charge in [-0.15, -0.1) is 12.4 Å². The summed E-state index contributed by atoms with van der Waals surface area (Å²) in [7, 11) is 0. The molecule has 46 valence electrons. The fraction of sp³-hybridized carbons (Fsp3) is 0.667. The molecule has 1 aliphatic carbocycles. The molecule has 8 heavy (non-hydrogen) atoms. The van der Waals surface area contributed by atoms with Gasteiger partial charge in [-0.1, -0.05) is 12.2 Å². The van der Waals surface area contributed by atoms with Gasteiger partial charge < -0.3 is 5.32 Å². The van der Waals surface area contributed by atoms with Gasteiger partial charge >= 0.3 is 0 Å². The topological polar surface area (TPSA) is 12.0 Å². The van der Waals surface area contributed by atoms with E-state index in [1.54, 1.807) is 0 Å². The lowest BCUT2D eigenvalue weighted by Gasteiger charge is -2.00. The molecule has 2 heteroatoms. The minimum Gasteiger partial charge on any atom is -0.310 e. The molecule has 1 fully saturated rings. The fourth-order valence-corrected chi connectivity index (χ4v) is 1.38. The lowest BCUT2D eigenvalue weighted by molar-refractivity contribution is 0.714. The van der Waals surface area contributed by atoms with Crippen LogP contribution in [0, 0.1) is 5.92 Å². The summed E-state index contributed by atoms with van der Waals surface area (Å²) in [5.74, 6) is 0.880. The summed E-state index contributed by atoms with van der Waals surface area (Å²) in [4.78, 5) is 0. The Morgan fingerprint density at radius 1 is 1.38 bits per heavy atom. The standard InChI is InChI=1S/C6H9N.ClH/c1-2-6-3-5(1)4-7-6;/h1-2,5-7H,3-4H2;1H. The highest BCUT2D eigenvalue weighted by Gasteiger charge is 2.24. The molecular weight excluding hydrogens is 122 g/mol. The van der Waals surface area contributed by atoms with Crippen molar-refractivity contribution in [3.05, 3.63) is 12.2 Å². The molecular formula is C6H10ClN. The number of nitrogens with one attached hydrogen (secondary N) is 1. The predicted molar refractivity (Wildman–Crippen MR) is 36.3 cm³/mol. The van der Waals surface area contributed by atoms with Crippen molar-refractivity contribution in [2.45, 2.75) is 12.5 Å². The zero-order valence-corrected chi connectivity index (χ0v) is 5.45. The van der Waals surface area contributed by atoms with Crippen LogP contribution in [0.4, 0.5) is 0 Å². The summed E-state index contributed by atoms with van der Waals surface area (Å²) >= 11 is 0. The average Bonchev–Trinajstić information content (AvgIpc) is 2.22. The van der Waals surface area contributed by atoms with Gasteiger partial charge in [-0.25, -0.2) is 0 Å². The summed E-state index contributed by atoms with van der Waals surface area (Å²) < 4.78 is 0. The Hall–Kier alpha value is -0.0100. The first-order valence-electron chi connectivity index (χ1n) is 2.87. The minimum atomic E-state index is 0. The SMILES string of the molecule is C1=CC2CC1CN2.Cl. The molecule has 2 rings (SSSR count). The minimum absolute atomic E-state index is 0. The number of rotatable bonds is 0. The van der Waals surface area contributed by atoms with Crippen LogP contribution in [0.2, 0.25) is 0 Å². The maximum Gasteiger partial charge on any atom is 0.0256 e. The molecule has 1 aliphatic heterocycles. The van der Waals surface area contributed by atoms with Gasteiger partial charge in [0.25, 0.3) is 0 Å². The highest BCUT2D eigenvalue weighted by Crippen LogP contribution is 2.22. The Balaban J connectivity index is 0.000000320. The summed E-state index contributed by atoms with van der Waals surface area (Å²) in [6.07, 6.45) is 5.95. The van der Waals surface area contributed by atoms with E-state index in [9.17, 15) is 0 Å². The molecule has 1 nitrogen and oxygen atoms in total. The lowest BCUT2D eigenvalue weighted by atomic mass is 10.2. The van der Waals surface area contributed by atoms with E-state index < -0.39 is 0 Å². The third kappa shape index (κ3) is 0.762. The zero-order valence-electron chi connectivity index (χ0n) is 4.63. The number of halogens is 1. The van der Waals surface area contributed by atoms with Crippen molar-refractivity contribution in [1.82, 2.24) is 5.32 Å². The van der Waals surface area contributed by atoms with Crippen LogP contribution < -0.4 is 5.32 Å². The molecule has 2 atom stereocenters. The van der Waals surface area contributed by atoms with Gasteiger partial charge in [-0.2, -0.15) is 0 Å². The predicted octanol–water partition coefficient (Wildman–Crippen LogP) is 0.956. The molecule has 0 saturated carbocycles. The molecule has 1 heterocycles. The van der Waals surface area contributed by atoms with Crippen molar-refractivity contribution < 1.29 is 0 Å². The van der Waals surface area contributed by atoms with E-state index in [0.29, 0.717) is 0 Å². The molecule has 0 radical (unpaired) electrons. The molecule has 1 saturated heterocycles. The average molecular weight is 132 g/mol. The van der Waals surface area contributed by atoms with Crippen LogP contribution in [0.1, 0.15) is 6.42 Å². The third-order valence-corrected chi connectivity index (χ3v) is 1.81.